The van der Waals surface area contributed by atoms with E-state index < -0.39 is 5.97 Å². The Balaban J connectivity index is 1.42. The van der Waals surface area contributed by atoms with Crippen molar-refractivity contribution in [2.24, 2.45) is 13.0 Å². The molecule has 200 valence electrons. The number of aromatic nitrogens is 4. The van der Waals surface area contributed by atoms with E-state index in [1.165, 1.54) is 26.9 Å². The minimum Gasteiger partial charge on any atom is -0.481 e. The first-order valence-corrected chi connectivity index (χ1v) is 14.4. The number of fused-ring (bicyclic) bond motifs is 3. The second kappa shape index (κ2) is 10.5. The normalized spacial score (nSPS) is 16.8. The van der Waals surface area contributed by atoms with Gasteiger partial charge in [0.15, 0.2) is 0 Å². The third-order valence-corrected chi connectivity index (χ3v) is 9.25. The van der Waals surface area contributed by atoms with E-state index in [-0.39, 0.29) is 12.3 Å². The summed E-state index contributed by atoms with van der Waals surface area (Å²) in [5.74, 6) is -0.517. The molecular formula is C31H33N5O2S. The Hall–Kier alpha value is -3.62. The second-order valence-electron chi connectivity index (χ2n) is 10.8. The molecule has 8 heteroatoms. The van der Waals surface area contributed by atoms with Crippen LogP contribution in [0.5, 0.6) is 0 Å². The Kier molecular flexibility index (Phi) is 6.91. The summed E-state index contributed by atoms with van der Waals surface area (Å²) in [5, 5.41) is 21.8. The molecule has 1 aliphatic rings. The van der Waals surface area contributed by atoms with Crippen LogP contribution in [0.15, 0.2) is 54.0 Å². The predicted octanol–water partition coefficient (Wildman–Crippen LogP) is 6.08. The maximum Gasteiger partial charge on any atom is 0.304 e. The highest BCUT2D eigenvalue weighted by atomic mass is 32.1. The van der Waals surface area contributed by atoms with Gasteiger partial charge in [-0.3, -0.25) is 14.7 Å². The number of thiophene rings is 1. The molecule has 5 aromatic rings. The summed E-state index contributed by atoms with van der Waals surface area (Å²) < 4.78 is 3.03. The third-order valence-electron chi connectivity index (χ3n) is 8.24. The number of hydrogen-bond acceptors (Lipinski definition) is 6. The van der Waals surface area contributed by atoms with Gasteiger partial charge in [0.1, 0.15) is 5.52 Å². The van der Waals surface area contributed by atoms with Gasteiger partial charge in [-0.1, -0.05) is 36.8 Å². The molecule has 0 aliphatic carbocycles. The quantitative estimate of drug-likeness (QED) is 0.270. The lowest BCUT2D eigenvalue weighted by atomic mass is 9.84. The van der Waals surface area contributed by atoms with E-state index in [0.717, 1.165) is 60.2 Å². The van der Waals surface area contributed by atoms with Crippen molar-refractivity contribution in [2.45, 2.75) is 52.1 Å². The maximum absolute atomic E-state index is 12.1. The zero-order chi connectivity index (χ0) is 27.1. The Morgan fingerprint density at radius 3 is 2.92 bits per heavy atom. The number of carboxylic acids is 1. The molecule has 7 nitrogen and oxygen atoms in total. The molecule has 3 aromatic heterocycles. The number of aryl methyl sites for hydroxylation is 2. The van der Waals surface area contributed by atoms with Crippen molar-refractivity contribution in [3.63, 3.8) is 0 Å². The van der Waals surface area contributed by atoms with Crippen molar-refractivity contribution in [1.29, 1.82) is 0 Å². The van der Waals surface area contributed by atoms with Gasteiger partial charge >= 0.3 is 5.97 Å². The van der Waals surface area contributed by atoms with E-state index in [9.17, 15) is 9.90 Å². The van der Waals surface area contributed by atoms with Gasteiger partial charge in [-0.05, 0) is 82.1 Å². The summed E-state index contributed by atoms with van der Waals surface area (Å²) in [4.78, 5) is 19.4. The highest BCUT2D eigenvalue weighted by Gasteiger charge is 2.26. The van der Waals surface area contributed by atoms with Gasteiger partial charge in [0.05, 0.1) is 17.6 Å². The standard InChI is InChI=1S/C31H33N5O2S/c1-4-20-12-21-6-5-10-32-27(21)18-36(16-20)17-24-14-23(13-22-9-11-39-31(22)24)26(15-29(37)38)25-7-8-28-30(19(25)2)33-34-35(28)3/h5-11,13-14,20,26H,4,12,15-18H2,1-3H3,(H,37,38)/t20-,26?/m0/s1. The minimum atomic E-state index is -0.813. The zero-order valence-electron chi connectivity index (χ0n) is 22.6. The average Bonchev–Trinajstić information content (AvgIpc) is 3.50. The number of benzene rings is 2. The summed E-state index contributed by atoms with van der Waals surface area (Å²) in [6.45, 7) is 6.95. The van der Waals surface area contributed by atoms with Crippen molar-refractivity contribution >= 4 is 38.4 Å². The van der Waals surface area contributed by atoms with Crippen LogP contribution in [-0.2, 0) is 31.4 Å². The van der Waals surface area contributed by atoms with Crippen LogP contribution in [0.1, 0.15) is 59.2 Å². The summed E-state index contributed by atoms with van der Waals surface area (Å²) >= 11 is 1.76. The topological polar surface area (TPSA) is 84.1 Å². The van der Waals surface area contributed by atoms with Crippen molar-refractivity contribution < 1.29 is 9.90 Å². The lowest BCUT2D eigenvalue weighted by molar-refractivity contribution is -0.137. The Labute approximate surface area is 232 Å². The molecule has 0 spiro atoms. The van der Waals surface area contributed by atoms with E-state index >= 15 is 0 Å². The fourth-order valence-electron chi connectivity index (χ4n) is 6.16. The smallest absolute Gasteiger partial charge is 0.304 e. The van der Waals surface area contributed by atoms with Crippen molar-refractivity contribution in [3.05, 3.63) is 87.6 Å². The number of carboxylic acid groups (broad SMARTS) is 1. The lowest BCUT2D eigenvalue weighted by Gasteiger charge is -2.25. The van der Waals surface area contributed by atoms with E-state index in [1.54, 1.807) is 16.0 Å². The minimum absolute atomic E-state index is 0.0145. The van der Waals surface area contributed by atoms with Crippen LogP contribution in [0.4, 0.5) is 0 Å². The molecular weight excluding hydrogens is 506 g/mol. The molecule has 1 unspecified atom stereocenters. The molecule has 0 fully saturated rings. The van der Waals surface area contributed by atoms with Gasteiger partial charge in [0.2, 0.25) is 0 Å². The van der Waals surface area contributed by atoms with Crippen LogP contribution in [-0.4, -0.2) is 42.5 Å². The molecule has 2 atom stereocenters. The molecule has 0 bridgehead atoms. The van der Waals surface area contributed by atoms with Crippen LogP contribution in [0, 0.1) is 12.8 Å². The predicted molar refractivity (Wildman–Crippen MR) is 155 cm³/mol. The summed E-state index contributed by atoms with van der Waals surface area (Å²) in [6, 6.07) is 14.9. The van der Waals surface area contributed by atoms with Gasteiger partial charge in [0, 0.05) is 43.5 Å². The molecule has 0 saturated carbocycles. The number of aliphatic carboxylic acids is 1. The van der Waals surface area contributed by atoms with Gasteiger partial charge in [-0.15, -0.1) is 16.4 Å². The fraction of sp³-hybridized carbons (Fsp3) is 0.355. The summed E-state index contributed by atoms with van der Waals surface area (Å²) in [5.41, 5.74) is 8.56. The van der Waals surface area contributed by atoms with Crippen molar-refractivity contribution in [1.82, 2.24) is 24.9 Å². The first-order chi connectivity index (χ1) is 18.9. The van der Waals surface area contributed by atoms with Crippen LogP contribution in [0.3, 0.4) is 0 Å². The van der Waals surface area contributed by atoms with Gasteiger partial charge in [-0.2, -0.15) is 0 Å². The van der Waals surface area contributed by atoms with Gasteiger partial charge in [0.25, 0.3) is 0 Å². The average molecular weight is 540 g/mol. The number of hydrogen-bond donors (Lipinski definition) is 1. The Morgan fingerprint density at radius 2 is 2.10 bits per heavy atom. The van der Waals surface area contributed by atoms with Crippen LogP contribution in [0.2, 0.25) is 0 Å². The van der Waals surface area contributed by atoms with E-state index in [4.69, 9.17) is 4.98 Å². The lowest BCUT2D eigenvalue weighted by Crippen LogP contribution is -2.27. The van der Waals surface area contributed by atoms with Crippen molar-refractivity contribution in [2.75, 3.05) is 6.54 Å². The first-order valence-electron chi connectivity index (χ1n) is 13.6. The van der Waals surface area contributed by atoms with E-state index in [1.807, 2.05) is 32.3 Å². The summed E-state index contributed by atoms with van der Waals surface area (Å²) in [6.07, 6.45) is 4.11. The maximum atomic E-state index is 12.1. The number of nitrogens with zero attached hydrogens (tertiary/aromatic N) is 5. The SMILES string of the molecule is CC[C@H]1Cc2cccnc2CN(Cc2cc(C(CC(=O)O)c3ccc4c(nnn4C)c3C)cc3ccsc23)C1. The zero-order valence-corrected chi connectivity index (χ0v) is 23.4. The van der Waals surface area contributed by atoms with Crippen molar-refractivity contribution in [3.8, 4) is 0 Å². The van der Waals surface area contributed by atoms with Gasteiger partial charge in [-0.25, -0.2) is 4.68 Å². The number of pyridine rings is 1. The van der Waals surface area contributed by atoms with E-state index in [2.05, 4.69) is 57.8 Å². The third kappa shape index (κ3) is 4.94. The highest BCUT2D eigenvalue weighted by Crippen LogP contribution is 2.38. The molecule has 39 heavy (non-hydrogen) atoms. The van der Waals surface area contributed by atoms with Gasteiger partial charge < -0.3 is 5.11 Å². The second-order valence-corrected chi connectivity index (χ2v) is 11.7. The van der Waals surface area contributed by atoms with Crippen LogP contribution in [0.25, 0.3) is 21.1 Å². The molecule has 1 N–H and O–H groups in total. The highest BCUT2D eigenvalue weighted by molar-refractivity contribution is 7.17. The molecule has 2 aromatic carbocycles. The largest absolute Gasteiger partial charge is 0.481 e. The number of carbonyl (C=O) groups is 1. The molecule has 0 radical (unpaired) electrons. The molecule has 0 saturated heterocycles. The molecule has 1 aliphatic heterocycles. The Bertz CT molecular complexity index is 1670. The van der Waals surface area contributed by atoms with Crippen LogP contribution >= 0.6 is 11.3 Å². The van der Waals surface area contributed by atoms with E-state index in [0.29, 0.717) is 5.92 Å². The fourth-order valence-corrected chi connectivity index (χ4v) is 7.05. The first kappa shape index (κ1) is 25.6. The molecule has 6 rings (SSSR count). The molecule has 4 heterocycles. The summed E-state index contributed by atoms with van der Waals surface area (Å²) in [7, 11) is 1.87. The monoisotopic (exact) mass is 539 g/mol. The molecule has 0 amide bonds. The van der Waals surface area contributed by atoms with Crippen LogP contribution < -0.4 is 0 Å². The Morgan fingerprint density at radius 1 is 1.23 bits per heavy atom. The number of rotatable bonds is 7.